The molecule has 1 aliphatic heterocycles. The number of hydrogen-bond acceptors (Lipinski definition) is 2. The van der Waals surface area contributed by atoms with E-state index in [2.05, 4.69) is 0 Å². The Morgan fingerprint density at radius 2 is 2.17 bits per heavy atom. The second-order valence-electron chi connectivity index (χ2n) is 6.95. The minimum atomic E-state index is -0.780. The lowest BCUT2D eigenvalue weighted by molar-refractivity contribution is -0.149. The number of fused-ring (bicyclic) bond motifs is 1. The van der Waals surface area contributed by atoms with Crippen molar-refractivity contribution in [2.45, 2.75) is 38.5 Å². The maximum absolute atomic E-state index is 13.8. The van der Waals surface area contributed by atoms with Gasteiger partial charge in [-0.2, -0.15) is 0 Å². The fourth-order valence-corrected chi connectivity index (χ4v) is 4.20. The zero-order valence-corrected chi connectivity index (χ0v) is 13.3. The number of amides is 1. The summed E-state index contributed by atoms with van der Waals surface area (Å²) in [5.74, 6) is -1.31. The first-order valence-electron chi connectivity index (χ1n) is 8.19. The van der Waals surface area contributed by atoms with E-state index in [1.54, 1.807) is 23.1 Å². The van der Waals surface area contributed by atoms with Crippen molar-refractivity contribution >= 4 is 11.9 Å². The van der Waals surface area contributed by atoms with E-state index in [1.165, 1.54) is 6.07 Å². The van der Waals surface area contributed by atoms with Crippen LogP contribution in [0, 0.1) is 17.2 Å². The molecular weight excluding hydrogens is 297 g/mol. The van der Waals surface area contributed by atoms with Gasteiger partial charge in [0.15, 0.2) is 0 Å². The molecule has 5 heteroatoms. The second-order valence-corrected chi connectivity index (χ2v) is 6.95. The number of rotatable bonds is 4. The Kier molecular flexibility index (Phi) is 4.13. The second kappa shape index (κ2) is 5.95. The molecule has 0 spiro atoms. The molecule has 3 atom stereocenters. The van der Waals surface area contributed by atoms with Crippen LogP contribution in [-0.2, 0) is 9.59 Å². The van der Waals surface area contributed by atoms with Crippen molar-refractivity contribution in [1.82, 2.24) is 4.90 Å². The molecule has 124 valence electrons. The largest absolute Gasteiger partial charge is 0.481 e. The van der Waals surface area contributed by atoms with Crippen molar-refractivity contribution in [2.24, 2.45) is 11.3 Å². The van der Waals surface area contributed by atoms with Gasteiger partial charge in [-0.1, -0.05) is 31.5 Å². The fraction of sp³-hybridized carbons (Fsp3) is 0.556. The molecule has 0 aromatic heterocycles. The molecule has 1 aliphatic carbocycles. The number of carboxylic acids is 1. The lowest BCUT2D eigenvalue weighted by Gasteiger charge is -2.24. The van der Waals surface area contributed by atoms with Crippen LogP contribution in [0.2, 0.25) is 0 Å². The van der Waals surface area contributed by atoms with Gasteiger partial charge in [0.2, 0.25) is 5.91 Å². The standard InChI is InChI=1S/C18H22FNO3/c1-12(14-6-2-3-7-15(14)19)9-16(21)20-10-13-5-4-8-18(13,11-20)17(22)23/h2-3,6-7,12-13H,4-5,8-11H2,1H3,(H,22,23)/t12?,13-,18+/m0/s1. The van der Waals surface area contributed by atoms with Crippen LogP contribution in [0.4, 0.5) is 4.39 Å². The Labute approximate surface area is 135 Å². The van der Waals surface area contributed by atoms with Gasteiger partial charge in [0.1, 0.15) is 5.82 Å². The number of aliphatic carboxylic acids is 1. The molecule has 1 unspecified atom stereocenters. The van der Waals surface area contributed by atoms with Crippen LogP contribution in [0.1, 0.15) is 44.1 Å². The maximum Gasteiger partial charge on any atom is 0.311 e. The van der Waals surface area contributed by atoms with Crippen LogP contribution < -0.4 is 0 Å². The van der Waals surface area contributed by atoms with Crippen LogP contribution >= 0.6 is 0 Å². The quantitative estimate of drug-likeness (QED) is 0.928. The average Bonchev–Trinajstić information content (AvgIpc) is 3.05. The molecule has 0 bridgehead atoms. The molecular formula is C18H22FNO3. The van der Waals surface area contributed by atoms with E-state index in [0.29, 0.717) is 25.1 Å². The summed E-state index contributed by atoms with van der Waals surface area (Å²) < 4.78 is 13.8. The van der Waals surface area contributed by atoms with Gasteiger partial charge in [-0.25, -0.2) is 4.39 Å². The molecule has 1 heterocycles. The maximum atomic E-state index is 13.8. The molecule has 2 fully saturated rings. The van der Waals surface area contributed by atoms with Crippen molar-refractivity contribution in [2.75, 3.05) is 13.1 Å². The third kappa shape index (κ3) is 2.73. The van der Waals surface area contributed by atoms with E-state index in [0.717, 1.165) is 12.8 Å². The third-order valence-corrected chi connectivity index (χ3v) is 5.57. The number of likely N-dealkylation sites (tertiary alicyclic amines) is 1. The third-order valence-electron chi connectivity index (χ3n) is 5.57. The van der Waals surface area contributed by atoms with E-state index in [4.69, 9.17) is 0 Å². The van der Waals surface area contributed by atoms with E-state index in [-0.39, 0.29) is 30.0 Å². The van der Waals surface area contributed by atoms with Crippen molar-refractivity contribution in [3.05, 3.63) is 35.6 Å². The van der Waals surface area contributed by atoms with Gasteiger partial charge in [0.05, 0.1) is 5.41 Å². The van der Waals surface area contributed by atoms with E-state index in [9.17, 15) is 19.1 Å². The number of hydrogen-bond donors (Lipinski definition) is 1. The molecule has 1 saturated carbocycles. The summed E-state index contributed by atoms with van der Waals surface area (Å²) in [6, 6.07) is 6.49. The number of nitrogens with zero attached hydrogens (tertiary/aromatic N) is 1. The molecule has 0 radical (unpaired) electrons. The van der Waals surface area contributed by atoms with Gasteiger partial charge < -0.3 is 10.0 Å². The summed E-state index contributed by atoms with van der Waals surface area (Å²) >= 11 is 0. The highest BCUT2D eigenvalue weighted by Crippen LogP contribution is 2.49. The Hall–Kier alpha value is -1.91. The monoisotopic (exact) mass is 319 g/mol. The Bertz CT molecular complexity index is 632. The summed E-state index contributed by atoms with van der Waals surface area (Å²) in [7, 11) is 0. The SMILES string of the molecule is CC(CC(=O)N1C[C@@H]2CCC[C@@]2(C(=O)O)C1)c1ccccc1F. The first-order valence-corrected chi connectivity index (χ1v) is 8.19. The number of carbonyl (C=O) groups is 2. The van der Waals surface area contributed by atoms with Crippen molar-refractivity contribution in [3.8, 4) is 0 Å². The highest BCUT2D eigenvalue weighted by atomic mass is 19.1. The summed E-state index contributed by atoms with van der Waals surface area (Å²) in [5, 5.41) is 9.58. The van der Waals surface area contributed by atoms with Crippen LogP contribution in [-0.4, -0.2) is 35.0 Å². The van der Waals surface area contributed by atoms with Crippen LogP contribution in [0.5, 0.6) is 0 Å². The zero-order valence-electron chi connectivity index (χ0n) is 13.3. The number of halogens is 1. The van der Waals surface area contributed by atoms with Gasteiger partial charge in [0, 0.05) is 19.5 Å². The van der Waals surface area contributed by atoms with Crippen LogP contribution in [0.15, 0.2) is 24.3 Å². The molecule has 1 N–H and O–H groups in total. The summed E-state index contributed by atoms with van der Waals surface area (Å²) in [6.07, 6.45) is 2.66. The Balaban J connectivity index is 1.68. The topological polar surface area (TPSA) is 57.6 Å². The number of carboxylic acid groups (broad SMARTS) is 1. The van der Waals surface area contributed by atoms with Gasteiger partial charge in [-0.05, 0) is 36.3 Å². The van der Waals surface area contributed by atoms with Crippen LogP contribution in [0.3, 0.4) is 0 Å². The predicted molar refractivity (Wildman–Crippen MR) is 83.4 cm³/mol. The van der Waals surface area contributed by atoms with Gasteiger partial charge in [-0.3, -0.25) is 9.59 Å². The minimum Gasteiger partial charge on any atom is -0.481 e. The smallest absolute Gasteiger partial charge is 0.311 e. The molecule has 3 rings (SSSR count). The minimum absolute atomic E-state index is 0.0627. The average molecular weight is 319 g/mol. The molecule has 1 amide bonds. The number of carbonyl (C=O) groups excluding carboxylic acids is 1. The molecule has 1 aromatic carbocycles. The molecule has 1 saturated heterocycles. The Morgan fingerprint density at radius 3 is 2.83 bits per heavy atom. The molecule has 2 aliphatic rings. The van der Waals surface area contributed by atoms with Crippen molar-refractivity contribution in [3.63, 3.8) is 0 Å². The highest BCUT2D eigenvalue weighted by Gasteiger charge is 2.55. The lowest BCUT2D eigenvalue weighted by Crippen LogP contribution is -2.37. The van der Waals surface area contributed by atoms with E-state index >= 15 is 0 Å². The first-order chi connectivity index (χ1) is 10.9. The van der Waals surface area contributed by atoms with Gasteiger partial charge in [-0.15, -0.1) is 0 Å². The highest BCUT2D eigenvalue weighted by molar-refractivity contribution is 5.81. The van der Waals surface area contributed by atoms with Gasteiger partial charge >= 0.3 is 5.97 Å². The molecule has 1 aromatic rings. The van der Waals surface area contributed by atoms with E-state index < -0.39 is 11.4 Å². The molecule has 4 nitrogen and oxygen atoms in total. The predicted octanol–water partition coefficient (Wildman–Crippen LogP) is 3.03. The zero-order chi connectivity index (χ0) is 16.6. The summed E-state index contributed by atoms with van der Waals surface area (Å²) in [4.78, 5) is 25.9. The number of benzene rings is 1. The normalized spacial score (nSPS) is 27.7. The fourth-order valence-electron chi connectivity index (χ4n) is 4.20. The van der Waals surface area contributed by atoms with Crippen molar-refractivity contribution < 1.29 is 19.1 Å². The summed E-state index contributed by atoms with van der Waals surface area (Å²) in [6.45, 7) is 2.66. The summed E-state index contributed by atoms with van der Waals surface area (Å²) in [5.41, 5.74) is -0.218. The van der Waals surface area contributed by atoms with Gasteiger partial charge in [0.25, 0.3) is 0 Å². The first kappa shape index (κ1) is 16.0. The lowest BCUT2D eigenvalue weighted by atomic mass is 9.81. The van der Waals surface area contributed by atoms with Crippen molar-refractivity contribution in [1.29, 1.82) is 0 Å². The Morgan fingerprint density at radius 1 is 1.43 bits per heavy atom. The molecule has 23 heavy (non-hydrogen) atoms. The van der Waals surface area contributed by atoms with Crippen LogP contribution in [0.25, 0.3) is 0 Å². The van der Waals surface area contributed by atoms with E-state index in [1.807, 2.05) is 6.92 Å².